The van der Waals surface area contributed by atoms with E-state index in [0.717, 1.165) is 19.5 Å². The number of anilines is 1. The Morgan fingerprint density at radius 2 is 2.19 bits per heavy atom. The molecule has 118 valence electrons. The molecule has 0 bridgehead atoms. The van der Waals surface area contributed by atoms with Crippen LogP contribution in [0.5, 0.6) is 0 Å². The van der Waals surface area contributed by atoms with Gasteiger partial charge in [0.15, 0.2) is 5.03 Å². The molecule has 21 heavy (non-hydrogen) atoms. The summed E-state index contributed by atoms with van der Waals surface area (Å²) in [5, 5.41) is -0.00676. The van der Waals surface area contributed by atoms with Crippen LogP contribution in [-0.2, 0) is 10.0 Å². The molecule has 1 saturated heterocycles. The zero-order valence-electron chi connectivity index (χ0n) is 12.5. The highest BCUT2D eigenvalue weighted by Gasteiger charge is 2.36. The van der Waals surface area contributed by atoms with Gasteiger partial charge >= 0.3 is 0 Å². The third-order valence-electron chi connectivity index (χ3n) is 3.97. The molecule has 0 spiro atoms. The molecule has 2 rings (SSSR count). The zero-order valence-corrected chi connectivity index (χ0v) is 13.3. The first-order valence-corrected chi connectivity index (χ1v) is 8.64. The fraction of sp³-hybridized carbons (Fsp3) is 0.615. The normalized spacial score (nSPS) is 20.1. The summed E-state index contributed by atoms with van der Waals surface area (Å²) in [7, 11) is -3.61. The van der Waals surface area contributed by atoms with Crippen molar-refractivity contribution in [3.05, 3.63) is 18.3 Å². The number of nitrogens with one attached hydrogen (secondary N) is 1. The van der Waals surface area contributed by atoms with Crippen molar-refractivity contribution in [1.82, 2.24) is 14.2 Å². The largest absolute Gasteiger partial charge is 0.321 e. The van der Waals surface area contributed by atoms with Crippen LogP contribution in [0.15, 0.2) is 23.4 Å². The van der Waals surface area contributed by atoms with E-state index in [1.165, 1.54) is 10.5 Å². The second kappa shape index (κ2) is 6.69. The van der Waals surface area contributed by atoms with Crippen molar-refractivity contribution in [2.24, 2.45) is 5.84 Å². The second-order valence-corrected chi connectivity index (χ2v) is 6.88. The molecule has 3 N–H and O–H groups in total. The Hall–Kier alpha value is -1.22. The molecule has 0 amide bonds. The van der Waals surface area contributed by atoms with Crippen LogP contribution in [0, 0.1) is 0 Å². The fourth-order valence-electron chi connectivity index (χ4n) is 2.80. The summed E-state index contributed by atoms with van der Waals surface area (Å²) in [6.45, 7) is 7.06. The van der Waals surface area contributed by atoms with Crippen LogP contribution in [0.25, 0.3) is 0 Å². The van der Waals surface area contributed by atoms with Gasteiger partial charge in [-0.2, -0.15) is 4.31 Å². The van der Waals surface area contributed by atoms with Gasteiger partial charge in [0, 0.05) is 25.3 Å². The smallest absolute Gasteiger partial charge is 0.262 e. The molecule has 1 aliphatic rings. The van der Waals surface area contributed by atoms with Gasteiger partial charge in [-0.05, 0) is 31.6 Å². The van der Waals surface area contributed by atoms with Gasteiger partial charge in [0.1, 0.15) is 0 Å². The number of hydrogen-bond donors (Lipinski definition) is 2. The molecule has 0 radical (unpaired) electrons. The van der Waals surface area contributed by atoms with Crippen molar-refractivity contribution in [2.75, 3.05) is 31.6 Å². The average molecular weight is 313 g/mol. The maximum atomic E-state index is 12.7. The van der Waals surface area contributed by atoms with E-state index < -0.39 is 10.0 Å². The van der Waals surface area contributed by atoms with Crippen LogP contribution in [0.4, 0.5) is 5.69 Å². The lowest BCUT2D eigenvalue weighted by molar-refractivity contribution is 0.224. The number of pyridine rings is 1. The van der Waals surface area contributed by atoms with E-state index in [2.05, 4.69) is 29.2 Å². The van der Waals surface area contributed by atoms with Gasteiger partial charge in [0.2, 0.25) is 0 Å². The summed E-state index contributed by atoms with van der Waals surface area (Å²) >= 11 is 0. The third-order valence-corrected chi connectivity index (χ3v) is 5.79. The van der Waals surface area contributed by atoms with Crippen molar-refractivity contribution in [1.29, 1.82) is 0 Å². The Morgan fingerprint density at radius 3 is 2.81 bits per heavy atom. The molecular formula is C13H23N5O2S. The third kappa shape index (κ3) is 3.18. The van der Waals surface area contributed by atoms with Gasteiger partial charge < -0.3 is 5.43 Å². The number of nitrogen functional groups attached to an aromatic ring is 1. The molecule has 8 heteroatoms. The lowest BCUT2D eigenvalue weighted by Crippen LogP contribution is -2.39. The minimum absolute atomic E-state index is 0.00676. The number of nitrogens with zero attached hydrogens (tertiary/aromatic N) is 3. The maximum Gasteiger partial charge on any atom is 0.262 e. The Kier molecular flexibility index (Phi) is 5.15. The molecule has 1 unspecified atom stereocenters. The number of hydrazine groups is 1. The van der Waals surface area contributed by atoms with Crippen LogP contribution in [0.2, 0.25) is 0 Å². The average Bonchev–Trinajstić information content (AvgIpc) is 2.99. The van der Waals surface area contributed by atoms with Crippen molar-refractivity contribution in [2.45, 2.75) is 31.3 Å². The lowest BCUT2D eigenvalue weighted by atomic mass is 10.2. The Morgan fingerprint density at radius 1 is 1.48 bits per heavy atom. The Bertz CT molecular complexity index is 574. The van der Waals surface area contributed by atoms with Crippen LogP contribution in [-0.4, -0.2) is 54.8 Å². The van der Waals surface area contributed by atoms with Crippen molar-refractivity contribution < 1.29 is 8.42 Å². The maximum absolute atomic E-state index is 12.7. The molecular weight excluding hydrogens is 290 g/mol. The highest BCUT2D eigenvalue weighted by Crippen LogP contribution is 2.26. The number of sulfonamides is 1. The van der Waals surface area contributed by atoms with Gasteiger partial charge in [0.05, 0.1) is 5.69 Å². The number of likely N-dealkylation sites (N-methyl/N-ethyl adjacent to an activating group) is 1. The monoisotopic (exact) mass is 313 g/mol. The van der Waals surface area contributed by atoms with E-state index in [9.17, 15) is 8.42 Å². The number of rotatable bonds is 6. The first-order valence-electron chi connectivity index (χ1n) is 7.20. The summed E-state index contributed by atoms with van der Waals surface area (Å²) in [4.78, 5) is 6.28. The molecule has 1 aliphatic heterocycles. The number of hydrogen-bond acceptors (Lipinski definition) is 6. The van der Waals surface area contributed by atoms with Crippen molar-refractivity contribution in [3.8, 4) is 0 Å². The number of nitrogens with two attached hydrogens (primary N) is 1. The predicted octanol–water partition coefficient (Wildman–Crippen LogP) is 0.472. The van der Waals surface area contributed by atoms with E-state index in [4.69, 9.17) is 5.84 Å². The van der Waals surface area contributed by atoms with E-state index in [1.807, 2.05) is 0 Å². The molecule has 1 aromatic rings. The van der Waals surface area contributed by atoms with Crippen molar-refractivity contribution >= 4 is 15.7 Å². The van der Waals surface area contributed by atoms with E-state index >= 15 is 0 Å². The summed E-state index contributed by atoms with van der Waals surface area (Å²) in [5.74, 6) is 5.38. The quantitative estimate of drug-likeness (QED) is 0.586. The highest BCUT2D eigenvalue weighted by atomic mass is 32.2. The van der Waals surface area contributed by atoms with Gasteiger partial charge in [-0.15, -0.1) is 0 Å². The van der Waals surface area contributed by atoms with Crippen molar-refractivity contribution in [3.63, 3.8) is 0 Å². The SMILES string of the molecule is CCN(CC)C1CCN(S(=O)(=O)c2ncccc2NN)C1. The summed E-state index contributed by atoms with van der Waals surface area (Å²) in [6.07, 6.45) is 2.31. The summed E-state index contributed by atoms with van der Waals surface area (Å²) in [6, 6.07) is 3.53. The topological polar surface area (TPSA) is 91.6 Å². The van der Waals surface area contributed by atoms with Gasteiger partial charge in [-0.25, -0.2) is 13.4 Å². The molecule has 0 aromatic carbocycles. The van der Waals surface area contributed by atoms with Crippen LogP contribution in [0.1, 0.15) is 20.3 Å². The second-order valence-electron chi connectivity index (χ2n) is 5.03. The van der Waals surface area contributed by atoms with E-state index in [0.29, 0.717) is 18.8 Å². The van der Waals surface area contributed by atoms with Gasteiger partial charge in [0.25, 0.3) is 10.0 Å². The first kappa shape index (κ1) is 16.2. The molecule has 1 atom stereocenters. The zero-order chi connectivity index (χ0) is 15.5. The lowest BCUT2D eigenvalue weighted by Gasteiger charge is -2.26. The molecule has 7 nitrogen and oxygen atoms in total. The van der Waals surface area contributed by atoms with Crippen LogP contribution >= 0.6 is 0 Å². The summed E-state index contributed by atoms with van der Waals surface area (Å²) in [5.41, 5.74) is 2.73. The summed E-state index contributed by atoms with van der Waals surface area (Å²) < 4.78 is 26.9. The molecule has 1 fully saturated rings. The molecule has 2 heterocycles. The minimum Gasteiger partial charge on any atom is -0.321 e. The fourth-order valence-corrected chi connectivity index (χ4v) is 4.35. The molecule has 0 aliphatic carbocycles. The van der Waals surface area contributed by atoms with Gasteiger partial charge in [-0.1, -0.05) is 13.8 Å². The van der Waals surface area contributed by atoms with Crippen LogP contribution < -0.4 is 11.3 Å². The molecule has 1 aromatic heterocycles. The van der Waals surface area contributed by atoms with Crippen LogP contribution in [0.3, 0.4) is 0 Å². The minimum atomic E-state index is -3.61. The number of aromatic nitrogens is 1. The molecule has 0 saturated carbocycles. The van der Waals surface area contributed by atoms with E-state index in [1.54, 1.807) is 12.1 Å². The predicted molar refractivity (Wildman–Crippen MR) is 82.1 cm³/mol. The first-order chi connectivity index (χ1) is 10.0. The van der Waals surface area contributed by atoms with Gasteiger partial charge in [-0.3, -0.25) is 10.7 Å². The standard InChI is InChI=1S/C13H23N5O2S/c1-3-17(4-2)11-7-9-18(10-11)21(19,20)13-12(16-14)6-5-8-15-13/h5-6,8,11,16H,3-4,7,9-10,14H2,1-2H3. The Balaban J connectivity index is 2.22. The van der Waals surface area contributed by atoms with E-state index in [-0.39, 0.29) is 11.1 Å². The Labute approximate surface area is 126 Å². The highest BCUT2D eigenvalue weighted by molar-refractivity contribution is 7.89.